The van der Waals surface area contributed by atoms with Gasteiger partial charge in [-0.15, -0.1) is 0 Å². The summed E-state index contributed by atoms with van der Waals surface area (Å²) in [5.41, 5.74) is 2.27. The average Bonchev–Trinajstić information content (AvgIpc) is 2.30. The van der Waals surface area contributed by atoms with Gasteiger partial charge in [0.15, 0.2) is 0 Å². The van der Waals surface area contributed by atoms with Crippen molar-refractivity contribution in [1.82, 2.24) is 10.2 Å². The molecule has 84 valence electrons. The lowest BCUT2D eigenvalue weighted by molar-refractivity contribution is -0.128. The van der Waals surface area contributed by atoms with Crippen LogP contribution < -0.4 is 5.32 Å². The zero-order valence-electron chi connectivity index (χ0n) is 9.44. The molecule has 3 nitrogen and oxygen atoms in total. The molecule has 1 N–H and O–H groups in total. The third-order valence-electron chi connectivity index (χ3n) is 2.68. The van der Waals surface area contributed by atoms with E-state index in [1.807, 2.05) is 23.1 Å². The minimum atomic E-state index is 0.139. The number of amides is 1. The van der Waals surface area contributed by atoms with Crippen LogP contribution >= 0.6 is 0 Å². The fraction of sp³-hybridized carbons (Fsp3) is 0.308. The number of hydrogen-bond acceptors (Lipinski definition) is 2. The van der Waals surface area contributed by atoms with Crippen LogP contribution in [0.25, 0.3) is 6.08 Å². The van der Waals surface area contributed by atoms with Gasteiger partial charge in [-0.25, -0.2) is 0 Å². The number of hydrogen-bond donors (Lipinski definition) is 1. The van der Waals surface area contributed by atoms with Crippen LogP contribution in [0.1, 0.15) is 12.5 Å². The number of benzene rings is 1. The molecule has 0 spiro atoms. The van der Waals surface area contributed by atoms with Crippen molar-refractivity contribution in [3.63, 3.8) is 0 Å². The van der Waals surface area contributed by atoms with E-state index < -0.39 is 0 Å². The van der Waals surface area contributed by atoms with Crippen LogP contribution in [0.2, 0.25) is 0 Å². The molecule has 1 aliphatic heterocycles. The van der Waals surface area contributed by atoms with Gasteiger partial charge >= 0.3 is 0 Å². The van der Waals surface area contributed by atoms with E-state index in [1.165, 1.54) is 0 Å². The average molecular weight is 216 g/mol. The molecule has 1 aromatic carbocycles. The highest BCUT2D eigenvalue weighted by atomic mass is 16.2. The summed E-state index contributed by atoms with van der Waals surface area (Å²) in [5, 5.41) is 3.32. The molecule has 1 aromatic rings. The van der Waals surface area contributed by atoms with Crippen LogP contribution in [0.15, 0.2) is 36.0 Å². The van der Waals surface area contributed by atoms with Crippen LogP contribution in [0, 0.1) is 0 Å². The summed E-state index contributed by atoms with van der Waals surface area (Å²) in [6, 6.07) is 10.1. The number of carbonyl (C=O) groups excluding carboxylic acids is 1. The van der Waals surface area contributed by atoms with Gasteiger partial charge in [0.25, 0.3) is 0 Å². The van der Waals surface area contributed by atoms with Crippen molar-refractivity contribution in [1.29, 1.82) is 0 Å². The Morgan fingerprint density at radius 2 is 2.12 bits per heavy atom. The van der Waals surface area contributed by atoms with Crippen molar-refractivity contribution in [3.05, 3.63) is 41.6 Å². The van der Waals surface area contributed by atoms with Gasteiger partial charge in [0, 0.05) is 25.7 Å². The highest BCUT2D eigenvalue weighted by molar-refractivity contribution is 5.74. The van der Waals surface area contributed by atoms with Crippen molar-refractivity contribution in [2.45, 2.75) is 6.92 Å². The van der Waals surface area contributed by atoms with Crippen LogP contribution in [0.5, 0.6) is 0 Å². The van der Waals surface area contributed by atoms with Gasteiger partial charge in [-0.2, -0.15) is 0 Å². The smallest absolute Gasteiger partial charge is 0.219 e. The predicted molar refractivity (Wildman–Crippen MR) is 64.7 cm³/mol. The summed E-state index contributed by atoms with van der Waals surface area (Å²) in [6.45, 7) is 3.93. The lowest BCUT2D eigenvalue weighted by Gasteiger charge is -2.29. The minimum Gasteiger partial charge on any atom is -0.385 e. The van der Waals surface area contributed by atoms with Crippen LogP contribution in [0.4, 0.5) is 0 Å². The standard InChI is InChI=1S/C13H16N2O/c1-11(16)15-8-7-14-13(10-15)9-12-5-3-2-4-6-12/h2-6,9,14H,7-8,10H2,1H3. The first-order chi connectivity index (χ1) is 7.75. The summed E-state index contributed by atoms with van der Waals surface area (Å²) in [7, 11) is 0. The Kier molecular flexibility index (Phi) is 3.25. The van der Waals surface area contributed by atoms with Gasteiger partial charge in [0.2, 0.25) is 5.91 Å². The van der Waals surface area contributed by atoms with Crippen molar-refractivity contribution in [2.75, 3.05) is 19.6 Å². The molecule has 0 radical (unpaired) electrons. The van der Waals surface area contributed by atoms with E-state index in [1.54, 1.807) is 6.92 Å². The van der Waals surface area contributed by atoms with Crippen LogP contribution in [-0.2, 0) is 4.79 Å². The molecule has 2 rings (SSSR count). The fourth-order valence-electron chi connectivity index (χ4n) is 1.81. The molecule has 0 atom stereocenters. The molecule has 16 heavy (non-hydrogen) atoms. The first-order valence-corrected chi connectivity index (χ1v) is 5.51. The molecule has 0 bridgehead atoms. The third kappa shape index (κ3) is 2.63. The Bertz CT molecular complexity index is 398. The van der Waals surface area contributed by atoms with Crippen molar-refractivity contribution >= 4 is 12.0 Å². The number of carbonyl (C=O) groups is 1. The molecule has 1 heterocycles. The van der Waals surface area contributed by atoms with E-state index in [0.717, 1.165) is 24.4 Å². The normalized spacial score (nSPS) is 18.3. The summed E-state index contributed by atoms with van der Waals surface area (Å²) < 4.78 is 0. The largest absolute Gasteiger partial charge is 0.385 e. The maximum Gasteiger partial charge on any atom is 0.219 e. The molecular weight excluding hydrogens is 200 g/mol. The maximum absolute atomic E-state index is 11.3. The Morgan fingerprint density at radius 1 is 1.38 bits per heavy atom. The van der Waals surface area contributed by atoms with Gasteiger partial charge in [-0.1, -0.05) is 30.3 Å². The maximum atomic E-state index is 11.3. The summed E-state index contributed by atoms with van der Waals surface area (Å²) in [6.07, 6.45) is 2.09. The zero-order valence-corrected chi connectivity index (χ0v) is 9.44. The van der Waals surface area contributed by atoms with E-state index in [0.29, 0.717) is 6.54 Å². The predicted octanol–water partition coefficient (Wildman–Crippen LogP) is 1.48. The van der Waals surface area contributed by atoms with Crippen molar-refractivity contribution < 1.29 is 4.79 Å². The molecule has 1 aliphatic rings. The van der Waals surface area contributed by atoms with Gasteiger partial charge in [0.05, 0.1) is 6.54 Å². The lowest BCUT2D eigenvalue weighted by atomic mass is 10.1. The Labute approximate surface area is 95.8 Å². The van der Waals surface area contributed by atoms with Crippen molar-refractivity contribution in [3.8, 4) is 0 Å². The van der Waals surface area contributed by atoms with Gasteiger partial charge < -0.3 is 10.2 Å². The number of rotatable bonds is 1. The summed E-state index contributed by atoms with van der Waals surface area (Å²) in [5.74, 6) is 0.139. The van der Waals surface area contributed by atoms with E-state index in [2.05, 4.69) is 23.5 Å². The van der Waals surface area contributed by atoms with E-state index >= 15 is 0 Å². The first-order valence-electron chi connectivity index (χ1n) is 5.51. The second kappa shape index (κ2) is 4.84. The quantitative estimate of drug-likeness (QED) is 0.771. The van der Waals surface area contributed by atoms with Crippen LogP contribution in [0.3, 0.4) is 0 Å². The van der Waals surface area contributed by atoms with E-state index in [4.69, 9.17) is 0 Å². The third-order valence-corrected chi connectivity index (χ3v) is 2.68. The molecular formula is C13H16N2O. The zero-order chi connectivity index (χ0) is 11.4. The number of nitrogens with one attached hydrogen (secondary N) is 1. The van der Waals surface area contributed by atoms with E-state index in [-0.39, 0.29) is 5.91 Å². The minimum absolute atomic E-state index is 0.139. The topological polar surface area (TPSA) is 32.3 Å². The second-order valence-electron chi connectivity index (χ2n) is 3.95. The number of piperazine rings is 1. The molecule has 1 fully saturated rings. The van der Waals surface area contributed by atoms with Gasteiger partial charge in [0.1, 0.15) is 0 Å². The SMILES string of the molecule is CC(=O)N1CCNC(=Cc2ccccc2)C1. The second-order valence-corrected chi connectivity index (χ2v) is 3.95. The molecule has 0 aliphatic carbocycles. The molecule has 0 unspecified atom stereocenters. The number of nitrogens with zero attached hydrogens (tertiary/aromatic N) is 1. The lowest BCUT2D eigenvalue weighted by Crippen LogP contribution is -2.44. The Morgan fingerprint density at radius 3 is 2.81 bits per heavy atom. The van der Waals surface area contributed by atoms with E-state index in [9.17, 15) is 4.79 Å². The molecule has 1 amide bonds. The highest BCUT2D eigenvalue weighted by Gasteiger charge is 2.15. The molecule has 3 heteroatoms. The Hall–Kier alpha value is -1.77. The monoisotopic (exact) mass is 216 g/mol. The van der Waals surface area contributed by atoms with Crippen LogP contribution in [-0.4, -0.2) is 30.4 Å². The Balaban J connectivity index is 2.10. The summed E-state index contributed by atoms with van der Waals surface area (Å²) in [4.78, 5) is 13.1. The molecule has 1 saturated heterocycles. The first kappa shape index (κ1) is 10.7. The fourth-order valence-corrected chi connectivity index (χ4v) is 1.81. The van der Waals surface area contributed by atoms with Gasteiger partial charge in [-0.05, 0) is 11.6 Å². The summed E-state index contributed by atoms with van der Waals surface area (Å²) >= 11 is 0. The molecule has 0 saturated carbocycles. The van der Waals surface area contributed by atoms with Gasteiger partial charge in [-0.3, -0.25) is 4.79 Å². The highest BCUT2D eigenvalue weighted by Crippen LogP contribution is 2.08. The van der Waals surface area contributed by atoms with Crippen molar-refractivity contribution in [2.24, 2.45) is 0 Å². The molecule has 0 aromatic heterocycles.